The highest BCUT2D eigenvalue weighted by Crippen LogP contribution is 2.07. The van der Waals surface area contributed by atoms with E-state index in [0.29, 0.717) is 5.56 Å². The van der Waals surface area contributed by atoms with Crippen LogP contribution in [-0.2, 0) is 13.0 Å². The van der Waals surface area contributed by atoms with Crippen LogP contribution in [0.2, 0.25) is 0 Å². The molecule has 0 radical (unpaired) electrons. The van der Waals surface area contributed by atoms with Gasteiger partial charge in [-0.25, -0.2) is 9.97 Å². The van der Waals surface area contributed by atoms with Crippen molar-refractivity contribution in [3.63, 3.8) is 0 Å². The molecule has 7 heteroatoms. The molecule has 0 aliphatic carbocycles. The van der Waals surface area contributed by atoms with Gasteiger partial charge in [0.2, 0.25) is 0 Å². The average Bonchev–Trinajstić information content (AvgIpc) is 2.78. The Morgan fingerprint density at radius 3 is 2.03 bits per heavy atom. The Balaban J connectivity index is 1.75. The number of carbonyl (C=O) groups excluding carboxylic acids is 3. The number of benzene rings is 2. The maximum Gasteiger partial charge on any atom is 0.270 e. The maximum absolute atomic E-state index is 12.6. The van der Waals surface area contributed by atoms with Crippen LogP contribution < -0.4 is 10.6 Å². The van der Waals surface area contributed by atoms with E-state index in [9.17, 15) is 14.4 Å². The van der Waals surface area contributed by atoms with Crippen molar-refractivity contribution in [3.05, 3.63) is 94.6 Å². The fraction of sp³-hybridized carbons (Fsp3) is 0.174. The third kappa shape index (κ3) is 5.57. The molecule has 0 unspecified atom stereocenters. The number of nitrogens with zero attached hydrogens (tertiary/aromatic N) is 2. The van der Waals surface area contributed by atoms with E-state index in [4.69, 9.17) is 5.48 Å². The van der Waals surface area contributed by atoms with Crippen molar-refractivity contribution in [1.82, 2.24) is 20.6 Å². The van der Waals surface area contributed by atoms with E-state index in [1.165, 1.54) is 37.3 Å². The van der Waals surface area contributed by atoms with Gasteiger partial charge in [0.1, 0.15) is 17.7 Å². The van der Waals surface area contributed by atoms with E-state index < -0.39 is 24.8 Å². The molecule has 2 N–H and O–H groups in total. The molecule has 0 aliphatic heterocycles. The molecular formula is C23H22N4O3. The number of hydrogen-bond donors (Lipinski definition) is 2. The van der Waals surface area contributed by atoms with Crippen LogP contribution in [0.5, 0.6) is 0 Å². The van der Waals surface area contributed by atoms with Crippen LogP contribution in [0.1, 0.15) is 60.4 Å². The molecule has 0 fully saturated rings. The average molecular weight is 406 g/mol. The number of hydrogen-bond acceptors (Lipinski definition) is 5. The highest BCUT2D eigenvalue weighted by molar-refractivity contribution is 5.97. The van der Waals surface area contributed by atoms with Gasteiger partial charge in [0.15, 0.2) is 5.78 Å². The van der Waals surface area contributed by atoms with Gasteiger partial charge in [0, 0.05) is 24.6 Å². The number of ketones is 1. The maximum atomic E-state index is 12.6. The molecule has 0 bridgehead atoms. The van der Waals surface area contributed by atoms with Crippen molar-refractivity contribution < 1.29 is 19.9 Å². The summed E-state index contributed by atoms with van der Waals surface area (Å²) < 4.78 is 32.7. The second-order valence-electron chi connectivity index (χ2n) is 6.45. The van der Waals surface area contributed by atoms with E-state index in [2.05, 4.69) is 20.6 Å². The molecule has 2 aromatic carbocycles. The molecule has 1 aromatic heterocycles. The lowest BCUT2D eigenvalue weighted by Crippen LogP contribution is -2.27. The van der Waals surface area contributed by atoms with Crippen LogP contribution in [0.15, 0.2) is 60.9 Å². The number of aromatic nitrogens is 2. The summed E-state index contributed by atoms with van der Waals surface area (Å²) in [5.41, 5.74) is 1.05. The third-order valence-electron chi connectivity index (χ3n) is 4.08. The van der Waals surface area contributed by atoms with Gasteiger partial charge < -0.3 is 10.6 Å². The lowest BCUT2D eigenvalue weighted by molar-refractivity contribution is 0.0942. The zero-order valence-electron chi connectivity index (χ0n) is 20.4. The number of carbonyl (C=O) groups is 3. The highest BCUT2D eigenvalue weighted by Gasteiger charge is 2.13. The monoisotopic (exact) mass is 406 g/mol. The Bertz CT molecular complexity index is 1250. The fourth-order valence-electron chi connectivity index (χ4n) is 2.50. The number of amides is 2. The Morgan fingerprint density at radius 1 is 0.867 bits per heavy atom. The van der Waals surface area contributed by atoms with Gasteiger partial charge in [0.25, 0.3) is 11.8 Å². The molecule has 30 heavy (non-hydrogen) atoms. The van der Waals surface area contributed by atoms with Crippen molar-refractivity contribution in [3.8, 4) is 0 Å². The van der Waals surface area contributed by atoms with Crippen molar-refractivity contribution >= 4 is 17.6 Å². The Morgan fingerprint density at radius 2 is 1.47 bits per heavy atom. The Hall–Kier alpha value is -3.87. The predicted octanol–water partition coefficient (Wildman–Crippen LogP) is 2.85. The van der Waals surface area contributed by atoms with Gasteiger partial charge >= 0.3 is 0 Å². The minimum Gasteiger partial charge on any atom is -0.347 e. The molecule has 7 nitrogen and oxygen atoms in total. The number of nitrogens with one attached hydrogen (secondary N) is 2. The zero-order chi connectivity index (χ0) is 25.1. The van der Waals surface area contributed by atoms with Crippen molar-refractivity contribution in [2.24, 2.45) is 0 Å². The molecule has 2 amide bonds. The summed E-state index contributed by atoms with van der Waals surface area (Å²) in [5.74, 6) is -1.95. The van der Waals surface area contributed by atoms with Crippen LogP contribution in [0.25, 0.3) is 0 Å². The van der Waals surface area contributed by atoms with Crippen molar-refractivity contribution in [2.45, 2.75) is 26.8 Å². The minimum atomic E-state index is -2.29. The second kappa shape index (κ2) is 9.56. The Kier molecular flexibility index (Phi) is 5.09. The summed E-state index contributed by atoms with van der Waals surface area (Å²) in [6.45, 7) is -1.30. The van der Waals surface area contributed by atoms with Gasteiger partial charge in [-0.3, -0.25) is 14.4 Å². The minimum absolute atomic E-state index is 0.115. The van der Waals surface area contributed by atoms with E-state index >= 15 is 0 Å². The lowest BCUT2D eigenvalue weighted by atomic mass is 10.1. The lowest BCUT2D eigenvalue weighted by Gasteiger charge is -2.08. The SMILES string of the molecule is [2H]C([2H])(NC(=O)c1cc(C(=O)NC([2H])([2H])c2cccc(C)c2)ncn1)c1ccc(C(C)=O)cc1. The number of rotatable bonds is 7. The van der Waals surface area contributed by atoms with Gasteiger partial charge in [-0.1, -0.05) is 54.1 Å². The molecule has 152 valence electrons. The molecule has 1 heterocycles. The number of aryl methyl sites for hydroxylation is 1. The van der Waals surface area contributed by atoms with Gasteiger partial charge in [0.05, 0.1) is 5.48 Å². The smallest absolute Gasteiger partial charge is 0.270 e. The summed E-state index contributed by atoms with van der Waals surface area (Å²) >= 11 is 0. The first kappa shape index (κ1) is 16.0. The molecule has 0 spiro atoms. The highest BCUT2D eigenvalue weighted by atomic mass is 16.2. The van der Waals surface area contributed by atoms with Crippen LogP contribution in [0.4, 0.5) is 0 Å². The van der Waals surface area contributed by atoms with Crippen molar-refractivity contribution in [1.29, 1.82) is 0 Å². The molecule has 0 atom stereocenters. The molecule has 0 saturated heterocycles. The van der Waals surface area contributed by atoms with Crippen LogP contribution in [0, 0.1) is 6.92 Å². The molecular weight excluding hydrogens is 380 g/mol. The summed E-state index contributed by atoms with van der Waals surface area (Å²) in [6, 6.07) is 13.4. The first-order valence-corrected chi connectivity index (χ1v) is 9.05. The largest absolute Gasteiger partial charge is 0.347 e. The standard InChI is InChI=1S/C23H22N4O3/c1-15-4-3-5-18(10-15)13-25-23(30)21-11-20(26-14-27-21)22(29)24-12-17-6-8-19(9-7-17)16(2)28/h3-11,14H,12-13H2,1-2H3,(H,24,29)(H,25,30)/i12D2,13D2. The second-order valence-corrected chi connectivity index (χ2v) is 6.45. The van der Waals surface area contributed by atoms with Crippen LogP contribution in [-0.4, -0.2) is 27.6 Å². The van der Waals surface area contributed by atoms with Gasteiger partial charge in [-0.15, -0.1) is 0 Å². The van der Waals surface area contributed by atoms with Gasteiger partial charge in [-0.2, -0.15) is 0 Å². The van der Waals surface area contributed by atoms with E-state index in [-0.39, 0.29) is 28.3 Å². The fourth-order valence-corrected chi connectivity index (χ4v) is 2.50. The molecule has 3 rings (SSSR count). The molecule has 0 saturated carbocycles. The van der Waals surface area contributed by atoms with Crippen LogP contribution >= 0.6 is 0 Å². The quantitative estimate of drug-likeness (QED) is 0.588. The molecule has 3 aromatic rings. The summed E-state index contributed by atoms with van der Waals surface area (Å²) in [7, 11) is 0. The van der Waals surface area contributed by atoms with Crippen LogP contribution in [0.3, 0.4) is 0 Å². The summed E-state index contributed by atoms with van der Waals surface area (Å²) in [5, 5.41) is 4.44. The third-order valence-corrected chi connectivity index (χ3v) is 4.08. The van der Waals surface area contributed by atoms with E-state index in [1.54, 1.807) is 25.1 Å². The van der Waals surface area contributed by atoms with Crippen molar-refractivity contribution in [2.75, 3.05) is 0 Å². The Labute approximate surface area is 180 Å². The summed E-state index contributed by atoms with van der Waals surface area (Å²) in [4.78, 5) is 44.2. The number of Topliss-reactive ketones (excluding diaryl/α,β-unsaturated/α-hetero) is 1. The zero-order valence-corrected chi connectivity index (χ0v) is 16.4. The summed E-state index contributed by atoms with van der Waals surface area (Å²) in [6.07, 6.45) is 0.962. The van der Waals surface area contributed by atoms with Gasteiger partial charge in [-0.05, 0) is 25.0 Å². The first-order chi connectivity index (χ1) is 15.9. The predicted molar refractivity (Wildman–Crippen MR) is 112 cm³/mol. The first-order valence-electron chi connectivity index (χ1n) is 11.0. The van der Waals surface area contributed by atoms with E-state index in [0.717, 1.165) is 18.0 Å². The molecule has 0 aliphatic rings. The normalized spacial score (nSPS) is 13.3. The topological polar surface area (TPSA) is 101 Å². The van der Waals surface area contributed by atoms with E-state index in [1.807, 2.05) is 0 Å².